The zero-order valence-electron chi connectivity index (χ0n) is 1.99. The van der Waals surface area contributed by atoms with Crippen molar-refractivity contribution in [2.75, 3.05) is 0 Å². The van der Waals surface area contributed by atoms with Crippen LogP contribution in [0.2, 0.25) is 0 Å². The Morgan fingerprint density at radius 2 is 2.25 bits per heavy atom. The summed E-state index contributed by atoms with van der Waals surface area (Å²) in [6, 6.07) is 0. The molecule has 0 aliphatic carbocycles. The molecule has 0 bridgehead atoms. The van der Waals surface area contributed by atoms with E-state index in [0.29, 0.717) is 0 Å². The summed E-state index contributed by atoms with van der Waals surface area (Å²) in [6.07, 6.45) is 0. The minimum absolute atomic E-state index is 1.12. The number of hydrogen-bond acceptors (Lipinski definition) is 1. The lowest BCUT2D eigenvalue weighted by atomic mass is 11.2. The highest BCUT2D eigenvalue weighted by Crippen LogP contribution is 1.22. The molecular weight excluding hydrogens is 68.1 g/mol. The van der Waals surface area contributed by atoms with E-state index >= 15 is 0 Å². The highest BCUT2D eigenvalue weighted by molar-refractivity contribution is 6.20. The minimum atomic E-state index is 1.12. The lowest BCUT2D eigenvalue weighted by Crippen LogP contribution is -1.44. The second kappa shape index (κ2) is 2.67. The average Bonchev–Trinajstić information content (AvgIpc) is 1.37. The number of hydrogen-bond donors (Lipinski definition) is 0. The second-order valence-corrected chi connectivity index (χ2v) is 0.551. The maximum atomic E-state index is 8.94. The molecule has 3 radical (unpaired) electrons. The molecule has 0 fully saturated rings. The van der Waals surface area contributed by atoms with Crippen LogP contribution in [0.25, 0.3) is 0 Å². The van der Waals surface area contributed by atoms with E-state index in [1.54, 1.807) is 0 Å². The van der Waals surface area contributed by atoms with E-state index in [9.17, 15) is 0 Å². The molecule has 0 aliphatic heterocycles. The Hall–Kier alpha value is -0.333. The van der Waals surface area contributed by atoms with E-state index in [2.05, 4.69) is 10.2 Å². The zero-order chi connectivity index (χ0) is 3.41. The fourth-order valence-corrected chi connectivity index (χ4v) is 0. The van der Waals surface area contributed by atoms with Gasteiger partial charge in [-0.15, -0.1) is 0 Å². The van der Waals surface area contributed by atoms with Crippen molar-refractivity contribution in [3.8, 4) is 0 Å². The van der Waals surface area contributed by atoms with Crippen molar-refractivity contribution < 1.29 is 4.79 Å². The first-order valence-corrected chi connectivity index (χ1v) is 1.36. The molecule has 0 N–H and O–H groups in total. The van der Waals surface area contributed by atoms with Crippen molar-refractivity contribution in [3.05, 3.63) is 5.70 Å². The van der Waals surface area contributed by atoms with E-state index in [1.807, 2.05) is 0 Å². The molecule has 19 valence electrons. The lowest BCUT2D eigenvalue weighted by molar-refractivity contribution is 0.569. The molecule has 0 heterocycles. The van der Waals surface area contributed by atoms with Gasteiger partial charge in [0.15, 0.2) is 0 Å². The summed E-state index contributed by atoms with van der Waals surface area (Å²) in [7, 11) is 2.74. The molecule has 1 nitrogen and oxygen atoms in total. The van der Waals surface area contributed by atoms with Gasteiger partial charge in [0.05, 0.1) is 10.2 Å². The Morgan fingerprint density at radius 3 is 2.25 bits per heavy atom. The fourth-order valence-electron chi connectivity index (χ4n) is 0. The van der Waals surface area contributed by atoms with Crippen LogP contribution in [0.5, 0.6) is 0 Å². The average molecular weight is 69.1 g/mol. The van der Waals surface area contributed by atoms with E-state index in [4.69, 9.17) is 4.79 Å². The first kappa shape index (κ1) is 3.67. The summed E-state index contributed by atoms with van der Waals surface area (Å²) in [5, 5.41) is 0. The molecule has 0 aromatic carbocycles. The largest absolute Gasteiger partial charge is 0.234 e. The molecule has 0 unspecified atom stereocenters. The van der Waals surface area contributed by atoms with Crippen molar-refractivity contribution in [3.63, 3.8) is 0 Å². The smallest absolute Gasteiger partial charge is 0.114 e. The van der Waals surface area contributed by atoms with Crippen LogP contribution in [0.4, 0.5) is 0 Å². The van der Waals surface area contributed by atoms with Crippen LogP contribution >= 0.6 is 0 Å². The van der Waals surface area contributed by atoms with Crippen molar-refractivity contribution in [2.45, 2.75) is 0 Å². The van der Waals surface area contributed by atoms with Crippen LogP contribution < -0.4 is 0 Å². The molecule has 0 saturated heterocycles. The molecule has 0 aromatic rings. The number of rotatable bonds is 0. The van der Waals surface area contributed by atoms with Gasteiger partial charge in [0, 0.05) is 0 Å². The SMILES string of the molecule is O=C=C[Si]. The summed E-state index contributed by atoms with van der Waals surface area (Å²) in [5.74, 6) is 1.47. The molecule has 0 amide bonds. The van der Waals surface area contributed by atoms with Crippen molar-refractivity contribution in [1.82, 2.24) is 0 Å². The van der Waals surface area contributed by atoms with Gasteiger partial charge in [-0.25, -0.2) is 4.79 Å². The molecular formula is C2HOSi. The highest BCUT2D eigenvalue weighted by atomic mass is 28.1. The zero-order valence-corrected chi connectivity index (χ0v) is 2.99. The fraction of sp³-hybridized carbons (Fsp3) is 0. The minimum Gasteiger partial charge on any atom is -0.234 e. The second-order valence-electron chi connectivity index (χ2n) is 0.262. The third-order valence-electron chi connectivity index (χ3n) is 0.0589. The van der Waals surface area contributed by atoms with Gasteiger partial charge in [-0.2, -0.15) is 0 Å². The van der Waals surface area contributed by atoms with Crippen molar-refractivity contribution >= 4 is 16.2 Å². The molecule has 0 saturated carbocycles. The van der Waals surface area contributed by atoms with Crippen LogP contribution in [0, 0.1) is 0 Å². The Morgan fingerprint density at radius 1 is 2.00 bits per heavy atom. The van der Waals surface area contributed by atoms with Gasteiger partial charge >= 0.3 is 0 Å². The Bertz CT molecular complexity index is 44.0. The first-order valence-electron chi connectivity index (χ1n) is 0.781. The van der Waals surface area contributed by atoms with Gasteiger partial charge in [-0.3, -0.25) is 0 Å². The van der Waals surface area contributed by atoms with Gasteiger partial charge in [-0.05, 0) is 5.70 Å². The van der Waals surface area contributed by atoms with Gasteiger partial charge in [0.25, 0.3) is 0 Å². The maximum Gasteiger partial charge on any atom is 0.114 e. The maximum absolute atomic E-state index is 8.94. The number of carbonyl (C=O) groups excluding carboxylic acids is 1. The third-order valence-corrected chi connectivity index (χ3v) is 0.177. The van der Waals surface area contributed by atoms with E-state index in [0.717, 1.165) is 5.70 Å². The summed E-state index contributed by atoms with van der Waals surface area (Å²) in [6.45, 7) is 0. The molecule has 4 heavy (non-hydrogen) atoms. The first-order chi connectivity index (χ1) is 1.91. The van der Waals surface area contributed by atoms with Crippen LogP contribution in [0.1, 0.15) is 0 Å². The Balaban J connectivity index is 3.11. The summed E-state index contributed by atoms with van der Waals surface area (Å²) in [4.78, 5) is 8.94. The van der Waals surface area contributed by atoms with Gasteiger partial charge in [-0.1, -0.05) is 0 Å². The summed E-state index contributed by atoms with van der Waals surface area (Å²) >= 11 is 0. The monoisotopic (exact) mass is 69.0 g/mol. The molecule has 0 atom stereocenters. The van der Waals surface area contributed by atoms with Crippen LogP contribution in [-0.2, 0) is 4.79 Å². The lowest BCUT2D eigenvalue weighted by Gasteiger charge is -1.29. The normalized spacial score (nSPS) is 4.25. The van der Waals surface area contributed by atoms with E-state index in [1.165, 1.54) is 5.94 Å². The summed E-state index contributed by atoms with van der Waals surface area (Å²) < 4.78 is 0. The van der Waals surface area contributed by atoms with Gasteiger partial charge in [0.1, 0.15) is 5.94 Å². The third kappa shape index (κ3) is 1.67. The molecule has 0 rings (SSSR count). The standard InChI is InChI=1S/C2HOSi/c3-1-2-4/h2H. The van der Waals surface area contributed by atoms with Gasteiger partial charge in [0.2, 0.25) is 0 Å². The van der Waals surface area contributed by atoms with Crippen molar-refractivity contribution in [1.29, 1.82) is 0 Å². The predicted molar refractivity (Wildman–Crippen MR) is 16.0 cm³/mol. The molecule has 2 heteroatoms. The predicted octanol–water partition coefficient (Wildman–Crippen LogP) is -0.500. The van der Waals surface area contributed by atoms with Crippen LogP contribution in [0.3, 0.4) is 0 Å². The molecule has 0 aromatic heterocycles. The van der Waals surface area contributed by atoms with Crippen LogP contribution in [0.15, 0.2) is 5.70 Å². The van der Waals surface area contributed by atoms with E-state index in [-0.39, 0.29) is 0 Å². The Kier molecular flexibility index (Phi) is 2.44. The molecule has 0 aliphatic rings. The summed E-state index contributed by atoms with van der Waals surface area (Å²) in [5.41, 5.74) is 1.12. The van der Waals surface area contributed by atoms with E-state index < -0.39 is 0 Å². The molecule has 0 spiro atoms. The van der Waals surface area contributed by atoms with Crippen molar-refractivity contribution in [2.24, 2.45) is 0 Å². The Labute approximate surface area is 27.7 Å². The van der Waals surface area contributed by atoms with Gasteiger partial charge < -0.3 is 0 Å². The highest BCUT2D eigenvalue weighted by Gasteiger charge is 1.33. The quantitative estimate of drug-likeness (QED) is 0.277. The van der Waals surface area contributed by atoms with Crippen LogP contribution in [-0.4, -0.2) is 16.2 Å². The topological polar surface area (TPSA) is 17.1 Å².